The zero-order valence-corrected chi connectivity index (χ0v) is 14.8. The van der Waals surface area contributed by atoms with Crippen molar-refractivity contribution < 1.29 is 19.4 Å². The van der Waals surface area contributed by atoms with Gasteiger partial charge in [-0.15, -0.1) is 0 Å². The number of phenolic OH excluding ortho intramolecular Hbond substituents is 1. The summed E-state index contributed by atoms with van der Waals surface area (Å²) in [6, 6.07) is 3.14. The molecule has 0 spiro atoms. The summed E-state index contributed by atoms with van der Waals surface area (Å²) in [4.78, 5) is 25.9. The van der Waals surface area contributed by atoms with E-state index in [1.807, 2.05) is 13.8 Å². The molecule has 2 amide bonds. The van der Waals surface area contributed by atoms with Crippen molar-refractivity contribution in [1.29, 1.82) is 0 Å². The molecule has 5 nitrogen and oxygen atoms in total. The Kier molecular flexibility index (Phi) is 5.18. The molecule has 1 N–H and O–H groups in total. The number of hydrogen-bond acceptors (Lipinski definition) is 5. The van der Waals surface area contributed by atoms with E-state index in [0.717, 1.165) is 11.8 Å². The molecule has 1 fully saturated rings. The lowest BCUT2D eigenvalue weighted by molar-refractivity contribution is -0.124. The van der Waals surface area contributed by atoms with Gasteiger partial charge in [-0.05, 0) is 43.3 Å². The summed E-state index contributed by atoms with van der Waals surface area (Å²) in [6.45, 7) is 3.75. The Labute approximate surface area is 141 Å². The number of hydrogen-bond donors (Lipinski definition) is 1. The van der Waals surface area contributed by atoms with Gasteiger partial charge in [-0.25, -0.2) is 0 Å². The van der Waals surface area contributed by atoms with Crippen LogP contribution in [0, 0.1) is 0 Å². The second-order valence-electron chi connectivity index (χ2n) is 4.85. The van der Waals surface area contributed by atoms with Crippen molar-refractivity contribution in [3.05, 3.63) is 27.1 Å². The maximum absolute atomic E-state index is 12.4. The first-order chi connectivity index (χ1) is 10.4. The number of thioether (sulfide) groups is 1. The predicted molar refractivity (Wildman–Crippen MR) is 89.9 cm³/mol. The van der Waals surface area contributed by atoms with E-state index in [1.54, 1.807) is 12.1 Å². The molecule has 1 aromatic rings. The smallest absolute Gasteiger partial charge is 0.293 e. The number of carbonyl (C=O) groups excluding carboxylic acids is 2. The lowest BCUT2D eigenvalue weighted by atomic mass is 10.1. The van der Waals surface area contributed by atoms with Gasteiger partial charge in [-0.2, -0.15) is 0 Å². The number of amides is 2. The van der Waals surface area contributed by atoms with Crippen LogP contribution in [-0.2, 0) is 4.79 Å². The van der Waals surface area contributed by atoms with Crippen molar-refractivity contribution in [2.45, 2.75) is 26.3 Å². The zero-order valence-electron chi connectivity index (χ0n) is 12.4. The quantitative estimate of drug-likeness (QED) is 0.793. The summed E-state index contributed by atoms with van der Waals surface area (Å²) in [6.07, 6.45) is 2.21. The van der Waals surface area contributed by atoms with Gasteiger partial charge in [0, 0.05) is 16.1 Å². The monoisotopic (exact) mass is 385 g/mol. The van der Waals surface area contributed by atoms with Crippen LogP contribution in [0.25, 0.3) is 6.08 Å². The Morgan fingerprint density at radius 2 is 2.14 bits per heavy atom. The van der Waals surface area contributed by atoms with E-state index >= 15 is 0 Å². The third kappa shape index (κ3) is 3.15. The van der Waals surface area contributed by atoms with Crippen LogP contribution in [0.5, 0.6) is 11.5 Å². The van der Waals surface area contributed by atoms with Gasteiger partial charge >= 0.3 is 0 Å². The normalized spacial score (nSPS) is 18.2. The lowest BCUT2D eigenvalue weighted by Crippen LogP contribution is -2.36. The van der Waals surface area contributed by atoms with Crippen LogP contribution < -0.4 is 4.74 Å². The number of rotatable bonds is 4. The van der Waals surface area contributed by atoms with Crippen LogP contribution >= 0.6 is 27.7 Å². The highest BCUT2D eigenvalue weighted by Crippen LogP contribution is 2.39. The van der Waals surface area contributed by atoms with Crippen LogP contribution in [0.15, 0.2) is 21.5 Å². The summed E-state index contributed by atoms with van der Waals surface area (Å²) in [5.41, 5.74) is 0.417. The summed E-state index contributed by atoms with van der Waals surface area (Å²) < 4.78 is 5.78. The van der Waals surface area contributed by atoms with Crippen LogP contribution in [0.2, 0.25) is 0 Å². The highest BCUT2D eigenvalue weighted by atomic mass is 79.9. The van der Waals surface area contributed by atoms with Gasteiger partial charge in [0.05, 0.1) is 12.0 Å². The number of ether oxygens (including phenoxy) is 1. The maximum Gasteiger partial charge on any atom is 0.293 e. The number of phenols is 1. The van der Waals surface area contributed by atoms with Gasteiger partial charge < -0.3 is 9.84 Å². The highest BCUT2D eigenvalue weighted by Gasteiger charge is 2.37. The maximum atomic E-state index is 12.4. The first kappa shape index (κ1) is 16.9. The summed E-state index contributed by atoms with van der Waals surface area (Å²) >= 11 is 4.20. The summed E-state index contributed by atoms with van der Waals surface area (Å²) in [5.74, 6) is -0.106. The molecule has 0 unspecified atom stereocenters. The molecule has 7 heteroatoms. The van der Waals surface area contributed by atoms with Crippen molar-refractivity contribution in [2.75, 3.05) is 7.11 Å². The zero-order chi connectivity index (χ0) is 16.4. The molecular weight excluding hydrogens is 370 g/mol. The van der Waals surface area contributed by atoms with Gasteiger partial charge in [0.15, 0.2) is 11.5 Å². The fourth-order valence-corrected chi connectivity index (χ4v) is 3.42. The fraction of sp³-hybridized carbons (Fsp3) is 0.333. The van der Waals surface area contributed by atoms with Crippen LogP contribution in [0.1, 0.15) is 25.8 Å². The number of carbonyl (C=O) groups is 2. The van der Waals surface area contributed by atoms with Crippen molar-refractivity contribution >= 4 is 44.9 Å². The van der Waals surface area contributed by atoms with Gasteiger partial charge in [-0.1, -0.05) is 22.9 Å². The Morgan fingerprint density at radius 3 is 2.73 bits per heavy atom. The molecule has 1 aliphatic heterocycles. The van der Waals surface area contributed by atoms with Crippen LogP contribution in [0.4, 0.5) is 4.79 Å². The van der Waals surface area contributed by atoms with E-state index < -0.39 is 0 Å². The fourth-order valence-electron chi connectivity index (χ4n) is 2.04. The topological polar surface area (TPSA) is 66.8 Å². The van der Waals surface area contributed by atoms with E-state index in [1.165, 1.54) is 18.1 Å². The van der Waals surface area contributed by atoms with Crippen LogP contribution in [-0.4, -0.2) is 34.3 Å². The number of halogens is 1. The molecule has 0 aromatic heterocycles. The van der Waals surface area contributed by atoms with E-state index in [-0.39, 0.29) is 22.9 Å². The average Bonchev–Trinajstić information content (AvgIpc) is 2.76. The molecular formula is C15H16BrNO4S. The number of aromatic hydroxyl groups is 1. The number of nitrogens with zero attached hydrogens (tertiary/aromatic N) is 1. The van der Waals surface area contributed by atoms with Gasteiger partial charge in [0.1, 0.15) is 0 Å². The Bertz CT molecular complexity index is 659. The molecule has 1 saturated heterocycles. The highest BCUT2D eigenvalue weighted by molar-refractivity contribution is 9.10. The molecule has 0 saturated carbocycles. The minimum Gasteiger partial charge on any atom is -0.504 e. The first-order valence-corrected chi connectivity index (χ1v) is 8.33. The molecule has 1 atom stereocenters. The first-order valence-electron chi connectivity index (χ1n) is 6.72. The average molecular weight is 386 g/mol. The third-order valence-electron chi connectivity index (χ3n) is 3.43. The standard InChI is InChI=1S/C15H16BrNO4S/c1-4-8(2)17-14(19)12(22-15(17)20)6-9-5-10(16)7-11(21-3)13(9)18/h5-8,18H,4H2,1-3H3/b12-6-/t8-/m0/s1. The predicted octanol–water partition coefficient (Wildman–Crippen LogP) is 4.00. The van der Waals surface area contributed by atoms with Crippen molar-refractivity contribution in [3.63, 3.8) is 0 Å². The molecule has 118 valence electrons. The molecule has 1 aromatic carbocycles. The molecule has 0 bridgehead atoms. The van der Waals surface area contributed by atoms with Crippen molar-refractivity contribution in [2.24, 2.45) is 0 Å². The van der Waals surface area contributed by atoms with E-state index in [4.69, 9.17) is 4.74 Å². The minimum absolute atomic E-state index is 0.0685. The molecule has 1 heterocycles. The molecule has 22 heavy (non-hydrogen) atoms. The van der Waals surface area contributed by atoms with Gasteiger partial charge in [0.2, 0.25) is 0 Å². The van der Waals surface area contributed by atoms with Gasteiger partial charge in [0.25, 0.3) is 11.1 Å². The third-order valence-corrected chi connectivity index (χ3v) is 4.77. The number of imide groups is 1. The summed E-state index contributed by atoms with van der Waals surface area (Å²) in [5, 5.41) is 9.85. The van der Waals surface area contributed by atoms with E-state index in [2.05, 4.69) is 15.9 Å². The Hall–Kier alpha value is -1.47. The Morgan fingerprint density at radius 1 is 1.45 bits per heavy atom. The van der Waals surface area contributed by atoms with Crippen molar-refractivity contribution in [3.8, 4) is 11.5 Å². The summed E-state index contributed by atoms with van der Waals surface area (Å²) in [7, 11) is 1.45. The molecule has 2 rings (SSSR count). The molecule has 0 radical (unpaired) electrons. The second kappa shape index (κ2) is 6.75. The molecule has 1 aliphatic rings. The number of benzene rings is 1. The lowest BCUT2D eigenvalue weighted by Gasteiger charge is -2.19. The Balaban J connectivity index is 2.41. The minimum atomic E-state index is -0.331. The van der Waals surface area contributed by atoms with Crippen molar-refractivity contribution in [1.82, 2.24) is 4.90 Å². The largest absolute Gasteiger partial charge is 0.504 e. The number of methoxy groups -OCH3 is 1. The van der Waals surface area contributed by atoms with E-state index in [0.29, 0.717) is 27.1 Å². The second-order valence-corrected chi connectivity index (χ2v) is 6.76. The van der Waals surface area contributed by atoms with E-state index in [9.17, 15) is 14.7 Å². The molecule has 0 aliphatic carbocycles. The SMILES string of the molecule is CC[C@H](C)N1C(=O)S/C(=C\c2cc(Br)cc(OC)c2O)C1=O. The van der Waals surface area contributed by atoms with Crippen LogP contribution in [0.3, 0.4) is 0 Å². The van der Waals surface area contributed by atoms with Gasteiger partial charge in [-0.3, -0.25) is 14.5 Å².